The van der Waals surface area contributed by atoms with Crippen LogP contribution >= 0.6 is 11.6 Å². The first-order valence-corrected chi connectivity index (χ1v) is 11.8. The van der Waals surface area contributed by atoms with Gasteiger partial charge in [0.1, 0.15) is 12.3 Å². The molecule has 2 N–H and O–H groups in total. The van der Waals surface area contributed by atoms with E-state index in [1.54, 1.807) is 38.4 Å². The van der Waals surface area contributed by atoms with Gasteiger partial charge in [-0.2, -0.15) is 4.99 Å². The lowest BCUT2D eigenvalue weighted by atomic mass is 9.85. The van der Waals surface area contributed by atoms with Crippen LogP contribution in [-0.2, 0) is 20.9 Å². The third-order valence-corrected chi connectivity index (χ3v) is 5.94. The second kappa shape index (κ2) is 14.0. The summed E-state index contributed by atoms with van der Waals surface area (Å²) in [7, 11) is 3.30. The molecule has 1 aliphatic rings. The number of aliphatic imine (C=N–C) groups is 1. The van der Waals surface area contributed by atoms with Crippen molar-refractivity contribution in [1.82, 2.24) is 10.2 Å². The molecule has 1 aromatic carbocycles. The maximum Gasteiger partial charge on any atom is 0.434 e. The number of hydrogen-bond donors (Lipinski definition) is 2. The molecule has 3 amide bonds. The summed E-state index contributed by atoms with van der Waals surface area (Å²) in [4.78, 5) is 42.6. The van der Waals surface area contributed by atoms with Crippen LogP contribution in [0.2, 0.25) is 5.02 Å². The molecule has 0 heterocycles. The van der Waals surface area contributed by atoms with Gasteiger partial charge in [0.25, 0.3) is 5.91 Å². The Labute approximate surface area is 200 Å². The van der Waals surface area contributed by atoms with Crippen LogP contribution < -0.4 is 5.32 Å². The van der Waals surface area contributed by atoms with Crippen LogP contribution in [0, 0.1) is 5.92 Å². The van der Waals surface area contributed by atoms with E-state index in [1.165, 1.54) is 11.3 Å². The maximum atomic E-state index is 12.9. The number of hydrogen-bond acceptors (Lipinski definition) is 5. The highest BCUT2D eigenvalue weighted by molar-refractivity contribution is 6.40. The minimum Gasteiger partial charge on any atom is -0.443 e. The van der Waals surface area contributed by atoms with Gasteiger partial charge in [-0.05, 0) is 36.5 Å². The molecule has 2 rings (SSSR count). The number of halogens is 1. The Morgan fingerprint density at radius 3 is 2.61 bits per heavy atom. The van der Waals surface area contributed by atoms with Crippen LogP contribution in [0.3, 0.4) is 0 Å². The van der Waals surface area contributed by atoms with Crippen molar-refractivity contribution in [3.8, 4) is 0 Å². The smallest absolute Gasteiger partial charge is 0.434 e. The molecule has 0 radical (unpaired) electrons. The summed E-state index contributed by atoms with van der Waals surface area (Å²) in [6.45, 7) is -0.324. The van der Waals surface area contributed by atoms with E-state index in [0.29, 0.717) is 11.4 Å². The Morgan fingerprint density at radius 2 is 1.97 bits per heavy atom. The summed E-state index contributed by atoms with van der Waals surface area (Å²) in [6.07, 6.45) is 5.30. The molecule has 182 valence electrons. The van der Waals surface area contributed by atoms with Crippen LogP contribution in [0.1, 0.15) is 56.9 Å². The fourth-order valence-electron chi connectivity index (χ4n) is 3.77. The van der Waals surface area contributed by atoms with E-state index in [0.717, 1.165) is 31.2 Å². The van der Waals surface area contributed by atoms with E-state index in [-0.39, 0.29) is 43.6 Å². The Bertz CT molecular complexity index is 837. The maximum absolute atomic E-state index is 12.9. The van der Waals surface area contributed by atoms with Crippen molar-refractivity contribution in [2.45, 2.75) is 64.0 Å². The monoisotopic (exact) mass is 479 g/mol. The largest absolute Gasteiger partial charge is 0.443 e. The average Bonchev–Trinajstić information content (AvgIpc) is 2.80. The summed E-state index contributed by atoms with van der Waals surface area (Å²) < 4.78 is 5.22. The second-order valence-corrected chi connectivity index (χ2v) is 9.07. The SMILES string of the molecule is CN(C)C(=O)CC[C@@H](CO)NC(=O)/C(CC1CCCCC1)=N/C(=O)OCc1cccc(Cl)c1. The minimum atomic E-state index is -0.848. The van der Waals surface area contributed by atoms with Crippen molar-refractivity contribution in [1.29, 1.82) is 0 Å². The number of ether oxygens (including phenoxy) is 1. The quantitative estimate of drug-likeness (QED) is 0.497. The molecule has 0 unspecified atom stereocenters. The van der Waals surface area contributed by atoms with Crippen LogP contribution in [0.15, 0.2) is 29.3 Å². The number of amides is 3. The van der Waals surface area contributed by atoms with Crippen LogP contribution in [-0.4, -0.2) is 60.4 Å². The molecule has 33 heavy (non-hydrogen) atoms. The fourth-order valence-corrected chi connectivity index (χ4v) is 3.98. The van der Waals surface area contributed by atoms with Gasteiger partial charge in [-0.25, -0.2) is 4.79 Å². The summed E-state index contributed by atoms with van der Waals surface area (Å²) in [5.41, 5.74) is 0.811. The van der Waals surface area contributed by atoms with E-state index in [9.17, 15) is 19.5 Å². The lowest BCUT2D eigenvalue weighted by Crippen LogP contribution is -2.42. The lowest BCUT2D eigenvalue weighted by Gasteiger charge is -2.23. The van der Waals surface area contributed by atoms with Crippen LogP contribution in [0.4, 0.5) is 4.79 Å². The van der Waals surface area contributed by atoms with Gasteiger partial charge in [0.2, 0.25) is 5.91 Å². The van der Waals surface area contributed by atoms with Gasteiger partial charge in [0.15, 0.2) is 0 Å². The third kappa shape index (κ3) is 9.92. The van der Waals surface area contributed by atoms with Crippen molar-refractivity contribution < 1.29 is 24.2 Å². The molecule has 0 aromatic heterocycles. The minimum absolute atomic E-state index is 0.00681. The van der Waals surface area contributed by atoms with Gasteiger partial charge in [-0.15, -0.1) is 0 Å². The molecule has 1 aliphatic carbocycles. The number of carbonyl (C=O) groups excluding carboxylic acids is 3. The number of aliphatic hydroxyl groups excluding tert-OH is 1. The van der Waals surface area contributed by atoms with E-state index in [4.69, 9.17) is 16.3 Å². The highest BCUT2D eigenvalue weighted by Gasteiger charge is 2.24. The first-order valence-electron chi connectivity index (χ1n) is 11.4. The van der Waals surface area contributed by atoms with Gasteiger partial charge in [-0.1, -0.05) is 55.8 Å². The van der Waals surface area contributed by atoms with E-state index in [2.05, 4.69) is 10.3 Å². The summed E-state index contributed by atoms with van der Waals surface area (Å²) >= 11 is 5.95. The molecule has 8 nitrogen and oxygen atoms in total. The molecule has 9 heteroatoms. The average molecular weight is 480 g/mol. The summed E-state index contributed by atoms with van der Waals surface area (Å²) in [5, 5.41) is 12.9. The standard InChI is InChI=1S/C24H34ClN3O5/c1-28(2)22(30)12-11-20(15-29)26-23(31)21(14-17-7-4-3-5-8-17)27-24(32)33-16-18-9-6-10-19(25)13-18/h6,9-10,13,17,20,29H,3-5,7-8,11-12,14-16H2,1-2H3,(H,26,31)/b27-21+/t20-/m0/s1. The van der Waals surface area contributed by atoms with Gasteiger partial charge in [-0.3, -0.25) is 9.59 Å². The predicted molar refractivity (Wildman–Crippen MR) is 127 cm³/mol. The van der Waals surface area contributed by atoms with Gasteiger partial charge in [0.05, 0.1) is 12.6 Å². The zero-order chi connectivity index (χ0) is 24.2. The fraction of sp³-hybridized carbons (Fsp3) is 0.583. The van der Waals surface area contributed by atoms with Crippen molar-refractivity contribution in [2.24, 2.45) is 10.9 Å². The molecule has 1 saturated carbocycles. The van der Waals surface area contributed by atoms with Crippen LogP contribution in [0.25, 0.3) is 0 Å². The highest BCUT2D eigenvalue weighted by Crippen LogP contribution is 2.27. The second-order valence-electron chi connectivity index (χ2n) is 8.63. The van der Waals surface area contributed by atoms with Crippen molar-refractivity contribution in [2.75, 3.05) is 20.7 Å². The Balaban J connectivity index is 2.04. The number of nitrogens with one attached hydrogen (secondary N) is 1. The Morgan fingerprint density at radius 1 is 1.24 bits per heavy atom. The van der Waals surface area contributed by atoms with E-state index in [1.807, 2.05) is 0 Å². The van der Waals surface area contributed by atoms with E-state index < -0.39 is 18.0 Å². The summed E-state index contributed by atoms with van der Waals surface area (Å²) in [5.74, 6) is -0.341. The molecule has 1 aromatic rings. The zero-order valence-corrected chi connectivity index (χ0v) is 20.1. The normalized spacial score (nSPS) is 15.6. The molecule has 1 fully saturated rings. The first-order chi connectivity index (χ1) is 15.8. The topological polar surface area (TPSA) is 108 Å². The zero-order valence-electron chi connectivity index (χ0n) is 19.4. The molecule has 0 aliphatic heterocycles. The Kier molecular flexibility index (Phi) is 11.3. The number of benzene rings is 1. The molecular formula is C24H34ClN3O5. The predicted octanol–water partition coefficient (Wildman–Crippen LogP) is 3.73. The lowest BCUT2D eigenvalue weighted by molar-refractivity contribution is -0.129. The number of nitrogens with zero attached hydrogens (tertiary/aromatic N) is 2. The number of carbonyl (C=O) groups is 3. The van der Waals surface area contributed by atoms with Crippen molar-refractivity contribution >= 4 is 35.2 Å². The molecular weight excluding hydrogens is 446 g/mol. The van der Waals surface area contributed by atoms with E-state index >= 15 is 0 Å². The highest BCUT2D eigenvalue weighted by atomic mass is 35.5. The molecule has 0 spiro atoms. The molecule has 0 saturated heterocycles. The Hall–Kier alpha value is -2.45. The molecule has 1 atom stereocenters. The van der Waals surface area contributed by atoms with Gasteiger partial charge >= 0.3 is 6.09 Å². The van der Waals surface area contributed by atoms with Crippen molar-refractivity contribution in [3.05, 3.63) is 34.9 Å². The van der Waals surface area contributed by atoms with Gasteiger partial charge < -0.3 is 20.1 Å². The number of aliphatic hydroxyl groups is 1. The van der Waals surface area contributed by atoms with Crippen LogP contribution in [0.5, 0.6) is 0 Å². The third-order valence-electron chi connectivity index (χ3n) is 5.71. The molecule has 0 bridgehead atoms. The van der Waals surface area contributed by atoms with Gasteiger partial charge in [0, 0.05) is 25.5 Å². The number of rotatable bonds is 10. The summed E-state index contributed by atoms with van der Waals surface area (Å²) in [6, 6.07) is 6.34. The van der Waals surface area contributed by atoms with Crippen molar-refractivity contribution in [3.63, 3.8) is 0 Å². The first kappa shape index (κ1) is 26.8.